The van der Waals surface area contributed by atoms with Crippen molar-refractivity contribution < 1.29 is 0 Å². The molecule has 1 heteroatoms. The zero-order valence-corrected chi connectivity index (χ0v) is 10.5. The van der Waals surface area contributed by atoms with Gasteiger partial charge < -0.3 is 4.90 Å². The largest absolute Gasteiger partial charge is 0.301 e. The lowest BCUT2D eigenvalue weighted by Gasteiger charge is -2.34. The fraction of sp³-hybridized carbons (Fsp3) is 0.600. The quantitative estimate of drug-likeness (QED) is 0.750. The smallest absolute Gasteiger partial charge is 0.00385 e. The van der Waals surface area contributed by atoms with Crippen LogP contribution < -0.4 is 0 Å². The molecular formula is C15H23N. The van der Waals surface area contributed by atoms with Crippen molar-refractivity contribution in [3.05, 3.63) is 35.9 Å². The van der Waals surface area contributed by atoms with Gasteiger partial charge in [0.05, 0.1) is 0 Å². The Kier molecular flexibility index (Phi) is 4.00. The summed E-state index contributed by atoms with van der Waals surface area (Å²) in [7, 11) is 0. The molecule has 1 heterocycles. The topological polar surface area (TPSA) is 3.24 Å². The van der Waals surface area contributed by atoms with E-state index in [0.29, 0.717) is 0 Å². The highest BCUT2D eigenvalue weighted by molar-refractivity contribution is 5.15. The minimum Gasteiger partial charge on any atom is -0.301 e. The van der Waals surface area contributed by atoms with Gasteiger partial charge in [0.15, 0.2) is 0 Å². The molecule has 0 aromatic heterocycles. The summed E-state index contributed by atoms with van der Waals surface area (Å²) in [4.78, 5) is 2.60. The van der Waals surface area contributed by atoms with Crippen molar-refractivity contribution in [3.8, 4) is 0 Å². The lowest BCUT2D eigenvalue weighted by Crippen LogP contribution is -2.38. The predicted octanol–water partition coefficient (Wildman–Crippen LogP) is 3.35. The van der Waals surface area contributed by atoms with E-state index in [1.54, 1.807) is 0 Å². The number of rotatable bonds is 3. The highest BCUT2D eigenvalue weighted by Crippen LogP contribution is 2.22. The van der Waals surface area contributed by atoms with Crippen molar-refractivity contribution in [3.63, 3.8) is 0 Å². The Morgan fingerprint density at radius 1 is 1.12 bits per heavy atom. The summed E-state index contributed by atoms with van der Waals surface area (Å²) in [6.07, 6.45) is 4.01. The fourth-order valence-electron chi connectivity index (χ4n) is 2.62. The molecular weight excluding hydrogens is 194 g/mol. The molecule has 0 N–H and O–H groups in total. The first-order valence-electron chi connectivity index (χ1n) is 6.53. The Labute approximate surface area is 99.5 Å². The average molecular weight is 217 g/mol. The number of benzene rings is 1. The molecule has 0 atom stereocenters. The molecule has 88 valence electrons. The van der Waals surface area contributed by atoms with Crippen molar-refractivity contribution in [2.45, 2.75) is 39.2 Å². The molecule has 1 aliphatic heterocycles. The van der Waals surface area contributed by atoms with Crippen LogP contribution >= 0.6 is 0 Å². The molecule has 1 aliphatic rings. The standard InChI is InChI=1S/C15H23N/c1-13(2)16-10-8-15(9-11-16)12-14-6-4-3-5-7-14/h3-7,13,15H,8-12H2,1-2H3. The molecule has 2 rings (SSSR count). The van der Waals surface area contributed by atoms with Crippen LogP contribution in [0.1, 0.15) is 32.3 Å². The third-order valence-electron chi connectivity index (χ3n) is 3.75. The number of hydrogen-bond acceptors (Lipinski definition) is 1. The molecule has 1 saturated heterocycles. The van der Waals surface area contributed by atoms with E-state index in [1.165, 1.54) is 37.9 Å². The molecule has 0 aliphatic carbocycles. The number of hydrogen-bond donors (Lipinski definition) is 0. The lowest BCUT2D eigenvalue weighted by atomic mass is 9.90. The van der Waals surface area contributed by atoms with Gasteiger partial charge >= 0.3 is 0 Å². The van der Waals surface area contributed by atoms with E-state index >= 15 is 0 Å². The maximum atomic E-state index is 2.60. The summed E-state index contributed by atoms with van der Waals surface area (Å²) in [6.45, 7) is 7.18. The van der Waals surface area contributed by atoms with Gasteiger partial charge in [0.2, 0.25) is 0 Å². The predicted molar refractivity (Wildman–Crippen MR) is 69.6 cm³/mol. The first kappa shape index (κ1) is 11.7. The second-order valence-electron chi connectivity index (χ2n) is 5.26. The van der Waals surface area contributed by atoms with E-state index in [4.69, 9.17) is 0 Å². The van der Waals surface area contributed by atoms with Crippen molar-refractivity contribution in [1.29, 1.82) is 0 Å². The molecule has 1 nitrogen and oxygen atoms in total. The van der Waals surface area contributed by atoms with E-state index < -0.39 is 0 Å². The summed E-state index contributed by atoms with van der Waals surface area (Å²) < 4.78 is 0. The molecule has 1 aromatic carbocycles. The summed E-state index contributed by atoms with van der Waals surface area (Å²) in [5.41, 5.74) is 1.51. The van der Waals surface area contributed by atoms with Gasteiger partial charge in [-0.2, -0.15) is 0 Å². The van der Waals surface area contributed by atoms with Crippen molar-refractivity contribution in [2.24, 2.45) is 5.92 Å². The van der Waals surface area contributed by atoms with E-state index in [0.717, 1.165) is 12.0 Å². The van der Waals surface area contributed by atoms with E-state index in [9.17, 15) is 0 Å². The second-order valence-corrected chi connectivity index (χ2v) is 5.26. The molecule has 0 radical (unpaired) electrons. The monoisotopic (exact) mass is 217 g/mol. The van der Waals surface area contributed by atoms with E-state index in [1.807, 2.05) is 0 Å². The summed E-state index contributed by atoms with van der Waals surface area (Å²) in [6, 6.07) is 11.6. The van der Waals surface area contributed by atoms with Crippen LogP contribution in [0.3, 0.4) is 0 Å². The minimum absolute atomic E-state index is 0.720. The Balaban J connectivity index is 1.82. The molecule has 0 unspecified atom stereocenters. The number of nitrogens with zero attached hydrogens (tertiary/aromatic N) is 1. The zero-order chi connectivity index (χ0) is 11.4. The maximum Gasteiger partial charge on any atom is 0.00385 e. The third kappa shape index (κ3) is 3.08. The van der Waals surface area contributed by atoms with Gasteiger partial charge in [0, 0.05) is 6.04 Å². The Morgan fingerprint density at radius 2 is 1.75 bits per heavy atom. The Morgan fingerprint density at radius 3 is 2.31 bits per heavy atom. The van der Waals surface area contributed by atoms with Crippen LogP contribution in [0.25, 0.3) is 0 Å². The van der Waals surface area contributed by atoms with E-state index in [-0.39, 0.29) is 0 Å². The minimum atomic E-state index is 0.720. The molecule has 1 aromatic rings. The van der Waals surface area contributed by atoms with Gasteiger partial charge in [-0.25, -0.2) is 0 Å². The number of likely N-dealkylation sites (tertiary alicyclic amines) is 1. The van der Waals surface area contributed by atoms with Crippen LogP contribution in [0.15, 0.2) is 30.3 Å². The molecule has 0 bridgehead atoms. The van der Waals surface area contributed by atoms with E-state index in [2.05, 4.69) is 49.1 Å². The average Bonchev–Trinajstić information content (AvgIpc) is 2.31. The highest BCUT2D eigenvalue weighted by Gasteiger charge is 2.20. The van der Waals surface area contributed by atoms with Crippen molar-refractivity contribution >= 4 is 0 Å². The first-order chi connectivity index (χ1) is 7.75. The zero-order valence-electron chi connectivity index (χ0n) is 10.5. The lowest BCUT2D eigenvalue weighted by molar-refractivity contribution is 0.149. The SMILES string of the molecule is CC(C)N1CCC(Cc2ccccc2)CC1. The van der Waals surface area contributed by atoms with Crippen LogP contribution in [0, 0.1) is 5.92 Å². The van der Waals surface area contributed by atoms with Gasteiger partial charge in [-0.15, -0.1) is 0 Å². The number of piperidine rings is 1. The molecule has 1 fully saturated rings. The van der Waals surface area contributed by atoms with Gasteiger partial charge in [-0.1, -0.05) is 30.3 Å². The molecule has 0 spiro atoms. The molecule has 0 saturated carbocycles. The summed E-state index contributed by atoms with van der Waals surface area (Å²) >= 11 is 0. The Hall–Kier alpha value is -0.820. The van der Waals surface area contributed by atoms with Gasteiger partial charge in [-0.3, -0.25) is 0 Å². The maximum absolute atomic E-state index is 2.60. The summed E-state index contributed by atoms with van der Waals surface area (Å²) in [5, 5.41) is 0. The van der Waals surface area contributed by atoms with Crippen LogP contribution in [0.2, 0.25) is 0 Å². The highest BCUT2D eigenvalue weighted by atomic mass is 15.1. The van der Waals surface area contributed by atoms with Crippen molar-refractivity contribution in [1.82, 2.24) is 4.90 Å². The molecule has 0 amide bonds. The van der Waals surface area contributed by atoms with Gasteiger partial charge in [0.1, 0.15) is 0 Å². The van der Waals surface area contributed by atoms with Gasteiger partial charge in [0.25, 0.3) is 0 Å². The van der Waals surface area contributed by atoms with Crippen LogP contribution in [-0.2, 0) is 6.42 Å². The van der Waals surface area contributed by atoms with Crippen LogP contribution in [0.5, 0.6) is 0 Å². The van der Waals surface area contributed by atoms with Crippen LogP contribution in [0.4, 0.5) is 0 Å². The van der Waals surface area contributed by atoms with Crippen LogP contribution in [-0.4, -0.2) is 24.0 Å². The third-order valence-corrected chi connectivity index (χ3v) is 3.75. The normalized spacial score (nSPS) is 19.2. The second kappa shape index (κ2) is 5.49. The Bertz CT molecular complexity index is 296. The van der Waals surface area contributed by atoms with Crippen molar-refractivity contribution in [2.75, 3.05) is 13.1 Å². The van der Waals surface area contributed by atoms with Gasteiger partial charge in [-0.05, 0) is 57.7 Å². The summed E-state index contributed by atoms with van der Waals surface area (Å²) in [5.74, 6) is 0.900. The fourth-order valence-corrected chi connectivity index (χ4v) is 2.62. The molecule has 16 heavy (non-hydrogen) atoms. The first-order valence-corrected chi connectivity index (χ1v) is 6.53.